The fourth-order valence-electron chi connectivity index (χ4n) is 3.72. The maximum Gasteiger partial charge on any atom is 0.326 e. The zero-order valence-corrected chi connectivity index (χ0v) is 19.9. The van der Waals surface area contributed by atoms with Gasteiger partial charge in [-0.1, -0.05) is 40.5 Å². The van der Waals surface area contributed by atoms with E-state index in [9.17, 15) is 29.1 Å². The second-order valence-corrected chi connectivity index (χ2v) is 8.80. The normalized spacial score (nSPS) is 20.3. The second kappa shape index (κ2) is 13.1. The molecule has 0 aliphatic carbocycles. The number of carboxylic acids is 2. The van der Waals surface area contributed by atoms with Crippen molar-refractivity contribution in [2.24, 2.45) is 17.6 Å². The van der Waals surface area contributed by atoms with Crippen LogP contribution in [0.2, 0.25) is 0 Å². The Balaban J connectivity index is 2.98. The lowest BCUT2D eigenvalue weighted by Crippen LogP contribution is -2.59. The number of rotatable bonds is 13. The molecule has 11 nitrogen and oxygen atoms in total. The summed E-state index contributed by atoms with van der Waals surface area (Å²) >= 11 is 0. The van der Waals surface area contributed by atoms with Crippen LogP contribution in [0.25, 0.3) is 0 Å². The number of aliphatic carboxylic acids is 2. The lowest BCUT2D eigenvalue weighted by molar-refractivity contribution is -0.146. The number of nitrogens with zero attached hydrogens (tertiary/aromatic N) is 1. The molecule has 0 aromatic heterocycles. The van der Waals surface area contributed by atoms with Gasteiger partial charge in [0.1, 0.15) is 18.1 Å². The number of amides is 3. The predicted molar refractivity (Wildman–Crippen MR) is 120 cm³/mol. The number of carbonyl (C=O) groups excluding carboxylic acids is 3. The maximum atomic E-state index is 13.4. The smallest absolute Gasteiger partial charge is 0.326 e. The van der Waals surface area contributed by atoms with Crippen molar-refractivity contribution >= 4 is 29.7 Å². The molecule has 0 saturated carbocycles. The number of nitrogens with one attached hydrogen (secondary N) is 2. The molecule has 6 N–H and O–H groups in total. The Morgan fingerprint density at radius 2 is 1.64 bits per heavy atom. The summed E-state index contributed by atoms with van der Waals surface area (Å²) in [6, 6.07) is -3.90. The Hall–Kier alpha value is -2.69. The van der Waals surface area contributed by atoms with Crippen molar-refractivity contribution in [2.75, 3.05) is 6.54 Å². The van der Waals surface area contributed by atoms with E-state index in [0.717, 1.165) is 0 Å². The molecule has 6 atom stereocenters. The van der Waals surface area contributed by atoms with Crippen molar-refractivity contribution in [2.45, 2.75) is 90.4 Å². The van der Waals surface area contributed by atoms with Gasteiger partial charge in [0.15, 0.2) is 0 Å². The number of carbonyl (C=O) groups is 5. The van der Waals surface area contributed by atoms with E-state index in [-0.39, 0.29) is 18.3 Å². The number of hydrogen-bond acceptors (Lipinski definition) is 6. The molecule has 1 heterocycles. The van der Waals surface area contributed by atoms with Crippen molar-refractivity contribution in [3.63, 3.8) is 0 Å². The molecule has 1 saturated heterocycles. The zero-order chi connectivity index (χ0) is 25.3. The van der Waals surface area contributed by atoms with Gasteiger partial charge in [-0.2, -0.15) is 0 Å². The molecule has 1 aliphatic heterocycles. The van der Waals surface area contributed by atoms with E-state index in [1.165, 1.54) is 4.90 Å². The van der Waals surface area contributed by atoms with Gasteiger partial charge in [0.2, 0.25) is 17.7 Å². The molecule has 0 bridgehead atoms. The summed E-state index contributed by atoms with van der Waals surface area (Å²) in [5.41, 5.74) is 6.02. The molecule has 33 heavy (non-hydrogen) atoms. The third kappa shape index (κ3) is 7.99. The Morgan fingerprint density at radius 1 is 1.03 bits per heavy atom. The van der Waals surface area contributed by atoms with Crippen LogP contribution in [0.15, 0.2) is 0 Å². The van der Waals surface area contributed by atoms with Crippen LogP contribution in [0.3, 0.4) is 0 Å². The molecule has 6 unspecified atom stereocenters. The van der Waals surface area contributed by atoms with E-state index < -0.39 is 60.2 Å². The standard InChI is InChI=1S/C22H38N4O7/c1-5-12(3)17(23)20(30)25-18(13(4)6-2)21(31)26-11-7-8-15(26)19(29)24-14(22(32)33)9-10-16(27)28/h12-15,17-18H,5-11,23H2,1-4H3,(H,24,29)(H,25,30)(H,27,28)(H,32,33). The first kappa shape index (κ1) is 28.3. The first-order chi connectivity index (χ1) is 15.4. The van der Waals surface area contributed by atoms with Gasteiger partial charge >= 0.3 is 11.9 Å². The van der Waals surface area contributed by atoms with Gasteiger partial charge in [-0.25, -0.2) is 4.79 Å². The van der Waals surface area contributed by atoms with Crippen LogP contribution in [-0.4, -0.2) is 75.5 Å². The summed E-state index contributed by atoms with van der Waals surface area (Å²) in [4.78, 5) is 62.4. The highest BCUT2D eigenvalue weighted by Crippen LogP contribution is 2.22. The Morgan fingerprint density at radius 3 is 2.15 bits per heavy atom. The molecule has 1 aliphatic rings. The van der Waals surface area contributed by atoms with Crippen molar-refractivity contribution in [3.8, 4) is 0 Å². The highest BCUT2D eigenvalue weighted by molar-refractivity contribution is 5.94. The van der Waals surface area contributed by atoms with E-state index in [4.69, 9.17) is 10.8 Å². The summed E-state index contributed by atoms with van der Waals surface area (Å²) in [7, 11) is 0. The first-order valence-corrected chi connectivity index (χ1v) is 11.6. The lowest BCUT2D eigenvalue weighted by atomic mass is 9.95. The number of nitrogens with two attached hydrogens (primary N) is 1. The highest BCUT2D eigenvalue weighted by Gasteiger charge is 2.40. The number of likely N-dealkylation sites (tertiary alicyclic amines) is 1. The van der Waals surface area contributed by atoms with Crippen LogP contribution in [0.4, 0.5) is 0 Å². The largest absolute Gasteiger partial charge is 0.481 e. The van der Waals surface area contributed by atoms with Gasteiger partial charge in [-0.3, -0.25) is 19.2 Å². The summed E-state index contributed by atoms with van der Waals surface area (Å²) in [6.07, 6.45) is 1.52. The van der Waals surface area contributed by atoms with Gasteiger partial charge in [-0.15, -0.1) is 0 Å². The van der Waals surface area contributed by atoms with Crippen LogP contribution >= 0.6 is 0 Å². The lowest BCUT2D eigenvalue weighted by Gasteiger charge is -2.32. The van der Waals surface area contributed by atoms with Crippen molar-refractivity contribution in [3.05, 3.63) is 0 Å². The van der Waals surface area contributed by atoms with E-state index in [1.807, 2.05) is 27.7 Å². The SMILES string of the molecule is CCC(C)C(N)C(=O)NC(C(=O)N1CCCC1C(=O)NC(CCC(=O)O)C(=O)O)C(C)CC. The minimum absolute atomic E-state index is 0.0678. The monoisotopic (exact) mass is 470 g/mol. The summed E-state index contributed by atoms with van der Waals surface area (Å²) in [5.74, 6) is -4.28. The fourth-order valence-corrected chi connectivity index (χ4v) is 3.72. The van der Waals surface area contributed by atoms with E-state index in [0.29, 0.717) is 32.2 Å². The molecular formula is C22H38N4O7. The maximum absolute atomic E-state index is 13.4. The molecule has 1 fully saturated rings. The molecule has 0 aromatic rings. The summed E-state index contributed by atoms with van der Waals surface area (Å²) < 4.78 is 0. The third-order valence-corrected chi connectivity index (χ3v) is 6.44. The van der Waals surface area contributed by atoms with Crippen molar-refractivity contribution in [1.82, 2.24) is 15.5 Å². The third-order valence-electron chi connectivity index (χ3n) is 6.44. The van der Waals surface area contributed by atoms with E-state index in [2.05, 4.69) is 10.6 Å². The topological polar surface area (TPSA) is 179 Å². The molecule has 0 spiro atoms. The Bertz CT molecular complexity index is 730. The minimum Gasteiger partial charge on any atom is -0.481 e. The molecule has 1 rings (SSSR count). The quantitative estimate of drug-likeness (QED) is 0.255. The molecule has 3 amide bonds. The molecular weight excluding hydrogens is 432 g/mol. The van der Waals surface area contributed by atoms with Crippen LogP contribution in [0.5, 0.6) is 0 Å². The highest BCUT2D eigenvalue weighted by atomic mass is 16.4. The average Bonchev–Trinajstić information content (AvgIpc) is 3.27. The van der Waals surface area contributed by atoms with Crippen LogP contribution < -0.4 is 16.4 Å². The molecule has 0 radical (unpaired) electrons. The predicted octanol–water partition coefficient (Wildman–Crippen LogP) is 0.316. The van der Waals surface area contributed by atoms with Gasteiger partial charge in [0.05, 0.1) is 6.04 Å². The molecule has 11 heteroatoms. The van der Waals surface area contributed by atoms with Crippen LogP contribution in [-0.2, 0) is 24.0 Å². The Kier molecular flexibility index (Phi) is 11.3. The fraction of sp³-hybridized carbons (Fsp3) is 0.773. The van der Waals surface area contributed by atoms with Crippen molar-refractivity contribution < 1.29 is 34.2 Å². The van der Waals surface area contributed by atoms with Gasteiger partial charge in [0, 0.05) is 13.0 Å². The van der Waals surface area contributed by atoms with Crippen LogP contribution in [0, 0.1) is 11.8 Å². The molecule has 188 valence electrons. The van der Waals surface area contributed by atoms with Crippen LogP contribution in [0.1, 0.15) is 66.2 Å². The van der Waals surface area contributed by atoms with Crippen molar-refractivity contribution in [1.29, 1.82) is 0 Å². The molecule has 0 aromatic carbocycles. The van der Waals surface area contributed by atoms with E-state index in [1.54, 1.807) is 0 Å². The summed E-state index contributed by atoms with van der Waals surface area (Å²) in [6.45, 7) is 7.79. The van der Waals surface area contributed by atoms with Gasteiger partial charge in [-0.05, 0) is 31.1 Å². The summed E-state index contributed by atoms with van der Waals surface area (Å²) in [5, 5.41) is 23.2. The van der Waals surface area contributed by atoms with E-state index >= 15 is 0 Å². The number of hydrogen-bond donors (Lipinski definition) is 5. The first-order valence-electron chi connectivity index (χ1n) is 11.6. The van der Waals surface area contributed by atoms with Gasteiger partial charge < -0.3 is 31.5 Å². The Labute approximate surface area is 194 Å². The zero-order valence-electron chi connectivity index (χ0n) is 19.9. The minimum atomic E-state index is -1.37. The second-order valence-electron chi connectivity index (χ2n) is 8.80. The average molecular weight is 471 g/mol. The van der Waals surface area contributed by atoms with Gasteiger partial charge in [0.25, 0.3) is 0 Å². The number of carboxylic acid groups (broad SMARTS) is 2.